The molecule has 0 aliphatic rings. The molecule has 160 valence electrons. The van der Waals surface area contributed by atoms with Crippen molar-refractivity contribution in [3.05, 3.63) is 65.6 Å². The average Bonchev–Trinajstić information content (AvgIpc) is 2.92. The van der Waals surface area contributed by atoms with Gasteiger partial charge in [-0.25, -0.2) is 17.6 Å². The van der Waals surface area contributed by atoms with Gasteiger partial charge in [0.25, 0.3) is 0 Å². The smallest absolute Gasteiger partial charge is 0.335 e. The number of hydrogen-bond donors (Lipinski definition) is 2. The summed E-state index contributed by atoms with van der Waals surface area (Å²) in [4.78, 5) is 11.6. The maximum absolute atomic E-state index is 14.2. The van der Waals surface area contributed by atoms with Crippen LogP contribution in [0.1, 0.15) is 16.1 Å². The summed E-state index contributed by atoms with van der Waals surface area (Å²) in [5.74, 6) is -1.49. The Kier molecular flexibility index (Phi) is 7.07. The van der Waals surface area contributed by atoms with Crippen molar-refractivity contribution in [2.24, 2.45) is 5.73 Å². The van der Waals surface area contributed by atoms with E-state index in [1.54, 1.807) is 35.8 Å². The second-order valence-corrected chi connectivity index (χ2v) is 8.79. The Morgan fingerprint density at radius 1 is 1.23 bits per heavy atom. The molecule has 0 spiro atoms. The van der Waals surface area contributed by atoms with Gasteiger partial charge in [0.2, 0.25) is 0 Å². The molecule has 0 bridgehead atoms. The van der Waals surface area contributed by atoms with Crippen molar-refractivity contribution in [1.29, 1.82) is 0 Å². The lowest BCUT2D eigenvalue weighted by Gasteiger charge is -2.08. The highest BCUT2D eigenvalue weighted by atomic mass is 35.5. The minimum absolute atomic E-state index is 0. The topological polar surface area (TPSA) is 102 Å². The van der Waals surface area contributed by atoms with Crippen molar-refractivity contribution in [2.75, 3.05) is 12.8 Å². The van der Waals surface area contributed by atoms with Crippen LogP contribution >= 0.6 is 12.4 Å². The number of nitrogens with zero attached hydrogens (tertiary/aromatic N) is 1. The highest BCUT2D eigenvalue weighted by molar-refractivity contribution is 7.90. The fourth-order valence-electron chi connectivity index (χ4n) is 3.41. The summed E-state index contributed by atoms with van der Waals surface area (Å²) in [6.07, 6.45) is 2.40. The van der Waals surface area contributed by atoms with Crippen LogP contribution in [0.25, 0.3) is 22.0 Å². The lowest BCUT2D eigenvalue weighted by atomic mass is 10.0. The van der Waals surface area contributed by atoms with Gasteiger partial charge in [0.15, 0.2) is 9.84 Å². The maximum atomic E-state index is 14.2. The standard InChI is InChI=1S/C21H21FN2O4S.ClH/c1-13-20(14-4-3-5-17(10-14)29(2,27)28)18-11-15(21(25)26)6-7-19(18)24(13)12-16(22)8-9-23;/h3-8,10-11H,9,12,23H2,1-2H3,(H,25,26);1H/b16-8-;. The molecule has 3 N–H and O–H groups in total. The average molecular weight is 453 g/mol. The Morgan fingerprint density at radius 2 is 1.93 bits per heavy atom. The first-order chi connectivity index (χ1) is 13.6. The molecule has 0 amide bonds. The van der Waals surface area contributed by atoms with Crippen molar-refractivity contribution in [1.82, 2.24) is 4.57 Å². The van der Waals surface area contributed by atoms with E-state index in [1.807, 2.05) is 0 Å². The van der Waals surface area contributed by atoms with Gasteiger partial charge in [-0.05, 0) is 48.9 Å². The zero-order valence-electron chi connectivity index (χ0n) is 16.4. The molecule has 2 aromatic carbocycles. The molecule has 1 aromatic heterocycles. The molecular weight excluding hydrogens is 431 g/mol. The summed E-state index contributed by atoms with van der Waals surface area (Å²) < 4.78 is 39.9. The number of sulfone groups is 1. The number of allylic oxidation sites excluding steroid dienone is 1. The van der Waals surface area contributed by atoms with Crippen LogP contribution in [-0.2, 0) is 16.4 Å². The van der Waals surface area contributed by atoms with E-state index in [4.69, 9.17) is 5.73 Å². The zero-order valence-corrected chi connectivity index (χ0v) is 18.1. The van der Waals surface area contributed by atoms with Gasteiger partial charge in [-0.3, -0.25) is 0 Å². The SMILES string of the molecule is Cc1c(-c2cccc(S(C)(=O)=O)c2)c2cc(C(=O)O)ccc2n1C/C(F)=C/CN.Cl. The van der Waals surface area contributed by atoms with Crippen molar-refractivity contribution < 1.29 is 22.7 Å². The number of carboxylic acid groups (broad SMARTS) is 1. The Labute approximate surface area is 180 Å². The third-order valence-corrected chi connectivity index (χ3v) is 5.88. The number of benzene rings is 2. The lowest BCUT2D eigenvalue weighted by molar-refractivity contribution is 0.0697. The highest BCUT2D eigenvalue weighted by Gasteiger charge is 2.19. The van der Waals surface area contributed by atoms with Gasteiger partial charge in [-0.2, -0.15) is 0 Å². The van der Waals surface area contributed by atoms with Crippen LogP contribution in [0.5, 0.6) is 0 Å². The number of halogens is 2. The number of hydrogen-bond acceptors (Lipinski definition) is 4. The first-order valence-electron chi connectivity index (χ1n) is 8.84. The molecule has 0 radical (unpaired) electrons. The molecule has 0 fully saturated rings. The minimum Gasteiger partial charge on any atom is -0.478 e. The largest absolute Gasteiger partial charge is 0.478 e. The number of carboxylic acids is 1. The zero-order chi connectivity index (χ0) is 21.3. The van der Waals surface area contributed by atoms with E-state index in [2.05, 4.69) is 0 Å². The van der Waals surface area contributed by atoms with Crippen LogP contribution in [0.15, 0.2) is 59.3 Å². The Balaban J connectivity index is 0.00000320. The molecule has 9 heteroatoms. The van der Waals surface area contributed by atoms with Crippen molar-refractivity contribution in [3.63, 3.8) is 0 Å². The molecule has 0 saturated heterocycles. The summed E-state index contributed by atoms with van der Waals surface area (Å²) in [5, 5.41) is 9.98. The second-order valence-electron chi connectivity index (χ2n) is 6.77. The number of fused-ring (bicyclic) bond motifs is 1. The van der Waals surface area contributed by atoms with E-state index in [-0.39, 0.29) is 36.0 Å². The molecule has 6 nitrogen and oxygen atoms in total. The molecule has 3 rings (SSSR count). The van der Waals surface area contributed by atoms with Crippen LogP contribution in [-0.4, -0.2) is 36.9 Å². The third-order valence-electron chi connectivity index (χ3n) is 4.77. The quantitative estimate of drug-likeness (QED) is 0.589. The number of aromatic carboxylic acids is 1. The van der Waals surface area contributed by atoms with E-state index in [0.717, 1.165) is 6.26 Å². The fourth-order valence-corrected chi connectivity index (χ4v) is 4.08. The van der Waals surface area contributed by atoms with Gasteiger partial charge in [0, 0.05) is 35.0 Å². The van der Waals surface area contributed by atoms with E-state index < -0.39 is 21.6 Å². The van der Waals surface area contributed by atoms with E-state index >= 15 is 0 Å². The number of carbonyl (C=O) groups is 1. The minimum atomic E-state index is -3.42. The fraction of sp³-hybridized carbons (Fsp3) is 0.190. The van der Waals surface area contributed by atoms with Gasteiger partial charge in [-0.1, -0.05) is 12.1 Å². The van der Waals surface area contributed by atoms with Gasteiger partial charge in [-0.15, -0.1) is 12.4 Å². The van der Waals surface area contributed by atoms with Gasteiger partial charge in [0.05, 0.1) is 17.0 Å². The van der Waals surface area contributed by atoms with Crippen LogP contribution in [0.4, 0.5) is 4.39 Å². The molecular formula is C21H22ClFN2O4S. The van der Waals surface area contributed by atoms with Crippen LogP contribution in [0.2, 0.25) is 0 Å². The Bertz CT molecular complexity index is 1250. The second kappa shape index (κ2) is 8.99. The lowest BCUT2D eigenvalue weighted by Crippen LogP contribution is -2.03. The van der Waals surface area contributed by atoms with Gasteiger partial charge in [0.1, 0.15) is 5.83 Å². The molecule has 0 unspecified atom stereocenters. The number of aromatic nitrogens is 1. The normalized spacial score (nSPS) is 12.1. The maximum Gasteiger partial charge on any atom is 0.335 e. The van der Waals surface area contributed by atoms with Gasteiger partial charge < -0.3 is 15.4 Å². The monoisotopic (exact) mass is 452 g/mol. The van der Waals surface area contributed by atoms with Crippen molar-refractivity contribution >= 4 is 39.1 Å². The highest BCUT2D eigenvalue weighted by Crippen LogP contribution is 2.36. The van der Waals surface area contributed by atoms with E-state index in [0.29, 0.717) is 27.7 Å². The summed E-state index contributed by atoms with van der Waals surface area (Å²) in [6.45, 7) is 1.80. The van der Waals surface area contributed by atoms with E-state index in [1.165, 1.54) is 24.3 Å². The van der Waals surface area contributed by atoms with Crippen molar-refractivity contribution in [2.45, 2.75) is 18.4 Å². The third kappa shape index (κ3) is 4.56. The predicted octanol–water partition coefficient (Wildman–Crippen LogP) is 3.95. The Morgan fingerprint density at radius 3 is 2.53 bits per heavy atom. The number of rotatable bonds is 6. The van der Waals surface area contributed by atoms with Crippen LogP contribution in [0, 0.1) is 6.92 Å². The molecule has 1 heterocycles. The molecule has 0 aliphatic heterocycles. The molecule has 3 aromatic rings. The van der Waals surface area contributed by atoms with Gasteiger partial charge >= 0.3 is 5.97 Å². The predicted molar refractivity (Wildman–Crippen MR) is 118 cm³/mol. The summed E-state index contributed by atoms with van der Waals surface area (Å²) in [6, 6.07) is 11.0. The summed E-state index contributed by atoms with van der Waals surface area (Å²) in [5.41, 5.74) is 8.09. The van der Waals surface area contributed by atoms with Crippen LogP contribution < -0.4 is 5.73 Å². The Hall–Kier alpha value is -2.68. The molecule has 30 heavy (non-hydrogen) atoms. The first kappa shape index (κ1) is 23.6. The summed E-state index contributed by atoms with van der Waals surface area (Å²) >= 11 is 0. The summed E-state index contributed by atoms with van der Waals surface area (Å²) in [7, 11) is -3.42. The van der Waals surface area contributed by atoms with Crippen molar-refractivity contribution in [3.8, 4) is 11.1 Å². The first-order valence-corrected chi connectivity index (χ1v) is 10.7. The molecule has 0 atom stereocenters. The molecule has 0 aliphatic carbocycles. The molecule has 0 saturated carbocycles. The van der Waals surface area contributed by atoms with Crippen LogP contribution in [0.3, 0.4) is 0 Å². The number of nitrogens with two attached hydrogens (primary N) is 1. The van der Waals surface area contributed by atoms with E-state index in [9.17, 15) is 22.7 Å².